The third-order valence-electron chi connectivity index (χ3n) is 2.97. The maximum absolute atomic E-state index is 12.1. The molecule has 0 spiro atoms. The smallest absolute Gasteiger partial charge is 0.194 e. The lowest BCUT2D eigenvalue weighted by Crippen LogP contribution is -2.99. The monoisotopic (exact) mass is 227 g/mol. The molecule has 0 saturated heterocycles. The number of fused-ring (bicyclic) bond motifs is 3. The van der Waals surface area contributed by atoms with Gasteiger partial charge in [-0.1, -0.05) is 24.3 Å². The van der Waals surface area contributed by atoms with E-state index in [0.29, 0.717) is 11.1 Å². The molecule has 3 rings (SSSR count). The Kier molecular flexibility index (Phi) is 2.09. The van der Waals surface area contributed by atoms with Gasteiger partial charge in [-0.15, -0.1) is 0 Å². The first-order valence-corrected chi connectivity index (χ1v) is 5.20. The first-order valence-electron chi connectivity index (χ1n) is 5.20. The highest BCUT2D eigenvalue weighted by Crippen LogP contribution is 2.36. The molecule has 0 amide bonds. The number of hydrogen-bond acceptors (Lipinski definition) is 3. The highest BCUT2D eigenvalue weighted by Gasteiger charge is 2.27. The normalized spacial score (nSPS) is 14.4. The molecule has 0 saturated carbocycles. The van der Waals surface area contributed by atoms with E-state index >= 15 is 0 Å². The van der Waals surface area contributed by atoms with Gasteiger partial charge in [0.25, 0.3) is 0 Å². The fourth-order valence-corrected chi connectivity index (χ4v) is 2.16. The van der Waals surface area contributed by atoms with E-state index in [4.69, 9.17) is 5.21 Å². The fraction of sp³-hybridized carbons (Fsp3) is 0. The zero-order valence-electron chi connectivity index (χ0n) is 8.81. The number of rotatable bonds is 1. The van der Waals surface area contributed by atoms with Crippen molar-refractivity contribution < 1.29 is 15.2 Å². The molecular weight excluding hydrogens is 218 g/mol. The number of nitrogens with one attached hydrogen (secondary N) is 1. The van der Waals surface area contributed by atoms with Crippen molar-refractivity contribution in [2.24, 2.45) is 0 Å². The topological polar surface area (TPSA) is 64.8 Å². The van der Waals surface area contributed by atoms with E-state index < -0.39 is 5.23 Å². The highest BCUT2D eigenvalue weighted by atomic mass is 16.8. The molecule has 0 fully saturated rings. The van der Waals surface area contributed by atoms with Crippen molar-refractivity contribution >= 4 is 11.5 Å². The van der Waals surface area contributed by atoms with Crippen LogP contribution in [0.3, 0.4) is 0 Å². The van der Waals surface area contributed by atoms with Crippen molar-refractivity contribution in [3.05, 3.63) is 58.8 Å². The number of carbonyl (C=O) groups excluding carboxylic acids is 1. The zero-order valence-corrected chi connectivity index (χ0v) is 8.81. The van der Waals surface area contributed by atoms with Gasteiger partial charge in [-0.05, 0) is 17.2 Å². The molecule has 2 N–H and O–H groups in total. The van der Waals surface area contributed by atoms with Crippen LogP contribution in [0.5, 0.6) is 0 Å². The van der Waals surface area contributed by atoms with E-state index in [1.54, 1.807) is 18.2 Å². The Morgan fingerprint density at radius 3 is 2.29 bits per heavy atom. The van der Waals surface area contributed by atoms with E-state index in [-0.39, 0.29) is 11.5 Å². The lowest BCUT2D eigenvalue weighted by atomic mass is 10.1. The molecule has 0 aliphatic heterocycles. The molecule has 0 bridgehead atoms. The van der Waals surface area contributed by atoms with Crippen LogP contribution in [0.4, 0.5) is 5.69 Å². The summed E-state index contributed by atoms with van der Waals surface area (Å²) in [6.07, 6.45) is 0. The van der Waals surface area contributed by atoms with Crippen LogP contribution < -0.4 is 5.23 Å². The van der Waals surface area contributed by atoms with Crippen molar-refractivity contribution in [3.8, 4) is 11.1 Å². The predicted molar refractivity (Wildman–Crippen MR) is 61.1 cm³/mol. The van der Waals surface area contributed by atoms with Gasteiger partial charge in [0.15, 0.2) is 11.5 Å². The van der Waals surface area contributed by atoms with E-state index in [1.165, 1.54) is 12.1 Å². The average Bonchev–Trinajstić information content (AvgIpc) is 2.64. The molecule has 2 aromatic carbocycles. The van der Waals surface area contributed by atoms with Crippen LogP contribution >= 0.6 is 0 Å². The Labute approximate surface area is 97.3 Å². The number of benzene rings is 2. The molecule has 0 aromatic heterocycles. The second-order valence-corrected chi connectivity index (χ2v) is 3.94. The zero-order chi connectivity index (χ0) is 12.0. The summed E-state index contributed by atoms with van der Waals surface area (Å²) in [6, 6.07) is 12.0. The van der Waals surface area contributed by atoms with Crippen LogP contribution in [-0.2, 0) is 0 Å². The Morgan fingerprint density at radius 2 is 1.59 bits per heavy atom. The quantitative estimate of drug-likeness (QED) is 0.616. The lowest BCUT2D eigenvalue weighted by molar-refractivity contribution is -0.991. The Hall–Kier alpha value is -2.01. The molecule has 17 heavy (non-hydrogen) atoms. The summed E-state index contributed by atoms with van der Waals surface area (Å²) in [4.78, 5) is 12.1. The van der Waals surface area contributed by atoms with E-state index in [9.17, 15) is 10.0 Å². The van der Waals surface area contributed by atoms with Gasteiger partial charge >= 0.3 is 0 Å². The van der Waals surface area contributed by atoms with E-state index in [2.05, 4.69) is 0 Å². The highest BCUT2D eigenvalue weighted by molar-refractivity contribution is 6.21. The van der Waals surface area contributed by atoms with E-state index in [0.717, 1.165) is 11.1 Å². The average molecular weight is 227 g/mol. The molecule has 1 unspecified atom stereocenters. The van der Waals surface area contributed by atoms with E-state index in [1.807, 2.05) is 12.1 Å². The standard InChI is InChI=1S/C13H9NO3/c15-13-11-4-2-1-3-9(11)10-6-5-8(14(16)17)7-12(10)13/h1-7,14,16H. The second-order valence-electron chi connectivity index (χ2n) is 3.94. The Balaban J connectivity index is 2.24. The van der Waals surface area contributed by atoms with Gasteiger partial charge < -0.3 is 5.21 Å². The molecule has 4 heteroatoms. The van der Waals surface area contributed by atoms with Gasteiger partial charge in [-0.25, -0.2) is 5.21 Å². The summed E-state index contributed by atoms with van der Waals surface area (Å²) in [6.45, 7) is 0. The summed E-state index contributed by atoms with van der Waals surface area (Å²) in [7, 11) is 0. The third kappa shape index (κ3) is 1.39. The summed E-state index contributed by atoms with van der Waals surface area (Å²) in [5.41, 5.74) is 2.96. The minimum Gasteiger partial charge on any atom is -0.595 e. The largest absolute Gasteiger partial charge is 0.595 e. The van der Waals surface area contributed by atoms with Crippen molar-refractivity contribution in [1.82, 2.24) is 0 Å². The van der Waals surface area contributed by atoms with Crippen molar-refractivity contribution in [2.45, 2.75) is 0 Å². The third-order valence-corrected chi connectivity index (χ3v) is 2.97. The molecule has 2 aromatic rings. The minimum absolute atomic E-state index is 0.0984. The molecule has 1 atom stereocenters. The van der Waals surface area contributed by atoms with Crippen LogP contribution in [0.15, 0.2) is 42.5 Å². The SMILES string of the molecule is O=C1c2ccccc2-c2ccc([NH+]([O-])O)cc21. The van der Waals surface area contributed by atoms with Crippen LogP contribution in [0.25, 0.3) is 11.1 Å². The molecule has 1 aliphatic carbocycles. The van der Waals surface area contributed by atoms with Crippen LogP contribution in [-0.4, -0.2) is 11.0 Å². The van der Waals surface area contributed by atoms with Crippen molar-refractivity contribution in [1.29, 1.82) is 0 Å². The summed E-state index contributed by atoms with van der Waals surface area (Å²) in [5, 5.41) is 18.8. The summed E-state index contributed by atoms with van der Waals surface area (Å²) >= 11 is 0. The lowest BCUT2D eigenvalue weighted by Gasteiger charge is -2.12. The number of hydrogen-bond donors (Lipinski definition) is 2. The van der Waals surface area contributed by atoms with Gasteiger partial charge in [0.05, 0.1) is 0 Å². The van der Waals surface area contributed by atoms with Gasteiger partial charge in [0.1, 0.15) is 0 Å². The molecule has 1 aliphatic rings. The minimum atomic E-state index is -1.02. The molecule has 0 radical (unpaired) electrons. The molecular formula is C13H9NO3. The molecule has 84 valence electrons. The summed E-state index contributed by atoms with van der Waals surface area (Å²) < 4.78 is 0. The van der Waals surface area contributed by atoms with Crippen molar-refractivity contribution in [3.63, 3.8) is 0 Å². The van der Waals surface area contributed by atoms with Gasteiger partial charge in [0.2, 0.25) is 0 Å². The maximum Gasteiger partial charge on any atom is 0.194 e. The molecule has 0 heterocycles. The first-order chi connectivity index (χ1) is 8.18. The second kappa shape index (κ2) is 3.49. The van der Waals surface area contributed by atoms with Gasteiger partial charge in [-0.3, -0.25) is 4.79 Å². The summed E-state index contributed by atoms with van der Waals surface area (Å²) in [5.74, 6) is -0.0984. The number of quaternary nitrogens is 1. The number of carbonyl (C=O) groups is 1. The number of ketones is 1. The van der Waals surface area contributed by atoms with Gasteiger partial charge in [0, 0.05) is 23.3 Å². The van der Waals surface area contributed by atoms with Gasteiger partial charge in [-0.2, -0.15) is 5.23 Å². The van der Waals surface area contributed by atoms with Crippen LogP contribution in [0.2, 0.25) is 0 Å². The van der Waals surface area contributed by atoms with Crippen LogP contribution in [0, 0.1) is 5.21 Å². The van der Waals surface area contributed by atoms with Crippen molar-refractivity contribution in [2.75, 3.05) is 0 Å². The maximum atomic E-state index is 12.1. The Morgan fingerprint density at radius 1 is 0.941 bits per heavy atom. The predicted octanol–water partition coefficient (Wildman–Crippen LogP) is 1.30. The first kappa shape index (κ1) is 10.2. The fourth-order valence-electron chi connectivity index (χ4n) is 2.16. The Bertz CT molecular complexity index is 620. The van der Waals surface area contributed by atoms with Crippen LogP contribution in [0.1, 0.15) is 15.9 Å². The molecule has 4 nitrogen and oxygen atoms in total.